The molecule has 1 N–H and O–H groups in total. The largest absolute Gasteiger partial charge is 0.417 e. The van der Waals surface area contributed by atoms with Crippen LogP contribution in [0.4, 0.5) is 13.2 Å². The molecular formula is C16H14F3N3O2. The molecule has 0 atom stereocenters. The Morgan fingerprint density at radius 2 is 1.96 bits per heavy atom. The summed E-state index contributed by atoms with van der Waals surface area (Å²) in [5, 5.41) is 6.20. The van der Waals surface area contributed by atoms with Crippen molar-refractivity contribution >= 4 is 11.6 Å². The number of nitrogens with zero attached hydrogens (tertiary/aromatic N) is 2. The van der Waals surface area contributed by atoms with E-state index in [-0.39, 0.29) is 6.54 Å². The average Bonchev–Trinajstić information content (AvgIpc) is 2.58. The fourth-order valence-electron chi connectivity index (χ4n) is 2.01. The Morgan fingerprint density at radius 3 is 2.58 bits per heavy atom. The number of amides is 1. The molecule has 0 aliphatic carbocycles. The van der Waals surface area contributed by atoms with Crippen LogP contribution in [-0.2, 0) is 11.0 Å². The highest BCUT2D eigenvalue weighted by Gasteiger charge is 2.35. The summed E-state index contributed by atoms with van der Waals surface area (Å²) in [4.78, 5) is 20.4. The van der Waals surface area contributed by atoms with Gasteiger partial charge in [0.1, 0.15) is 12.8 Å². The highest BCUT2D eigenvalue weighted by molar-refractivity contribution is 6.05. The van der Waals surface area contributed by atoms with Crippen LogP contribution < -0.4 is 5.32 Å². The maximum Gasteiger partial charge on any atom is 0.417 e. The number of rotatable bonds is 5. The van der Waals surface area contributed by atoms with E-state index in [2.05, 4.69) is 15.5 Å². The van der Waals surface area contributed by atoms with Gasteiger partial charge in [-0.1, -0.05) is 35.5 Å². The van der Waals surface area contributed by atoms with Crippen molar-refractivity contribution in [1.82, 2.24) is 10.3 Å². The van der Waals surface area contributed by atoms with Gasteiger partial charge in [-0.2, -0.15) is 13.2 Å². The summed E-state index contributed by atoms with van der Waals surface area (Å²) in [7, 11) is 1.34. The Balaban J connectivity index is 2.17. The van der Waals surface area contributed by atoms with Crippen LogP contribution in [0.1, 0.15) is 21.5 Å². The molecule has 1 heterocycles. The predicted molar refractivity (Wildman–Crippen MR) is 81.6 cm³/mol. The van der Waals surface area contributed by atoms with Crippen LogP contribution in [0.25, 0.3) is 0 Å². The molecule has 0 spiro atoms. The quantitative estimate of drug-likeness (QED) is 0.674. The van der Waals surface area contributed by atoms with Crippen molar-refractivity contribution in [2.45, 2.75) is 6.18 Å². The Hall–Kier alpha value is -2.90. The zero-order valence-corrected chi connectivity index (χ0v) is 12.7. The number of halogens is 3. The van der Waals surface area contributed by atoms with E-state index in [1.165, 1.54) is 7.11 Å². The zero-order chi connectivity index (χ0) is 17.6. The zero-order valence-electron chi connectivity index (χ0n) is 12.7. The number of carbonyl (C=O) groups excluding carboxylic acids is 1. The summed E-state index contributed by atoms with van der Waals surface area (Å²) in [6.45, 7) is -0.0944. The molecule has 5 nitrogen and oxygen atoms in total. The van der Waals surface area contributed by atoms with Gasteiger partial charge in [-0.3, -0.25) is 9.78 Å². The minimum atomic E-state index is -4.64. The molecule has 0 aliphatic rings. The van der Waals surface area contributed by atoms with Gasteiger partial charge in [-0.05, 0) is 6.07 Å². The third-order valence-corrected chi connectivity index (χ3v) is 3.10. The lowest BCUT2D eigenvalue weighted by Crippen LogP contribution is -2.31. The molecule has 1 aromatic heterocycles. The van der Waals surface area contributed by atoms with Gasteiger partial charge in [-0.25, -0.2) is 0 Å². The van der Waals surface area contributed by atoms with E-state index < -0.39 is 23.2 Å². The van der Waals surface area contributed by atoms with E-state index in [1.54, 1.807) is 30.3 Å². The van der Waals surface area contributed by atoms with Gasteiger partial charge in [0.15, 0.2) is 0 Å². The van der Waals surface area contributed by atoms with Gasteiger partial charge < -0.3 is 10.2 Å². The summed E-state index contributed by atoms with van der Waals surface area (Å²) in [6.07, 6.45) is -2.77. The molecule has 2 aromatic rings. The minimum absolute atomic E-state index is 0.0944. The number of hydrogen-bond acceptors (Lipinski definition) is 4. The number of pyridine rings is 1. The predicted octanol–water partition coefficient (Wildman–Crippen LogP) is 2.88. The number of aromatic nitrogens is 1. The normalized spacial score (nSPS) is 11.9. The summed E-state index contributed by atoms with van der Waals surface area (Å²) >= 11 is 0. The summed E-state index contributed by atoms with van der Waals surface area (Å²) in [5.74, 6) is -0.893. The lowest BCUT2D eigenvalue weighted by Gasteiger charge is -2.12. The number of oxime groups is 1. The Kier molecular flexibility index (Phi) is 5.51. The van der Waals surface area contributed by atoms with E-state index >= 15 is 0 Å². The smallest absolute Gasteiger partial charge is 0.399 e. The number of benzene rings is 1. The highest BCUT2D eigenvalue weighted by Crippen LogP contribution is 2.31. The van der Waals surface area contributed by atoms with Crippen molar-refractivity contribution in [3.63, 3.8) is 0 Å². The Bertz CT molecular complexity index is 731. The molecule has 1 aromatic carbocycles. The second-order valence-electron chi connectivity index (χ2n) is 4.69. The van der Waals surface area contributed by atoms with Gasteiger partial charge in [0.2, 0.25) is 0 Å². The second kappa shape index (κ2) is 7.58. The van der Waals surface area contributed by atoms with Crippen LogP contribution in [-0.4, -0.2) is 30.3 Å². The Morgan fingerprint density at radius 1 is 1.25 bits per heavy atom. The van der Waals surface area contributed by atoms with Gasteiger partial charge in [0.05, 0.1) is 17.7 Å². The molecule has 126 valence electrons. The lowest BCUT2D eigenvalue weighted by molar-refractivity contribution is -0.138. The summed E-state index contributed by atoms with van der Waals surface area (Å²) < 4.78 is 38.8. The van der Waals surface area contributed by atoms with Gasteiger partial charge >= 0.3 is 6.18 Å². The first kappa shape index (κ1) is 17.5. The third kappa shape index (κ3) is 4.31. The van der Waals surface area contributed by atoms with Crippen LogP contribution in [0.15, 0.2) is 53.9 Å². The monoisotopic (exact) mass is 337 g/mol. The van der Waals surface area contributed by atoms with Crippen molar-refractivity contribution in [3.8, 4) is 0 Å². The molecule has 0 aliphatic heterocycles. The maximum atomic E-state index is 12.9. The molecule has 24 heavy (non-hydrogen) atoms. The fourth-order valence-corrected chi connectivity index (χ4v) is 2.01. The van der Waals surface area contributed by atoms with Gasteiger partial charge in [0.25, 0.3) is 5.91 Å². The van der Waals surface area contributed by atoms with E-state index in [1.807, 2.05) is 0 Å². The van der Waals surface area contributed by atoms with Gasteiger partial charge in [-0.15, -0.1) is 0 Å². The van der Waals surface area contributed by atoms with Crippen LogP contribution in [0.5, 0.6) is 0 Å². The first-order valence-corrected chi connectivity index (χ1v) is 6.88. The molecular weight excluding hydrogens is 323 g/mol. The first-order valence-electron chi connectivity index (χ1n) is 6.88. The highest BCUT2D eigenvalue weighted by atomic mass is 19.4. The maximum absolute atomic E-state index is 12.9. The molecule has 0 saturated carbocycles. The topological polar surface area (TPSA) is 63.6 Å². The molecule has 0 bridgehead atoms. The van der Waals surface area contributed by atoms with E-state index in [0.717, 1.165) is 18.5 Å². The first-order chi connectivity index (χ1) is 11.4. The molecule has 0 unspecified atom stereocenters. The van der Waals surface area contributed by atoms with Crippen molar-refractivity contribution in [3.05, 3.63) is 65.5 Å². The van der Waals surface area contributed by atoms with E-state index in [9.17, 15) is 18.0 Å². The third-order valence-electron chi connectivity index (χ3n) is 3.10. The van der Waals surface area contributed by atoms with Gasteiger partial charge in [0, 0.05) is 18.0 Å². The van der Waals surface area contributed by atoms with E-state index in [4.69, 9.17) is 4.84 Å². The molecule has 0 radical (unpaired) electrons. The van der Waals surface area contributed by atoms with Crippen LogP contribution in [0.2, 0.25) is 0 Å². The molecule has 1 amide bonds. The fraction of sp³-hybridized carbons (Fsp3) is 0.188. The molecule has 0 saturated heterocycles. The van der Waals surface area contributed by atoms with Crippen molar-refractivity contribution in [2.75, 3.05) is 13.7 Å². The second-order valence-corrected chi connectivity index (χ2v) is 4.69. The molecule has 0 fully saturated rings. The van der Waals surface area contributed by atoms with Crippen molar-refractivity contribution in [2.24, 2.45) is 5.16 Å². The molecule has 2 rings (SSSR count). The summed E-state index contributed by atoms with van der Waals surface area (Å²) in [6, 6.07) is 9.59. The van der Waals surface area contributed by atoms with Crippen molar-refractivity contribution in [1.29, 1.82) is 0 Å². The van der Waals surface area contributed by atoms with Crippen LogP contribution in [0.3, 0.4) is 0 Å². The number of alkyl halides is 3. The molecule has 8 heteroatoms. The van der Waals surface area contributed by atoms with E-state index in [0.29, 0.717) is 11.3 Å². The Labute approximate surface area is 136 Å². The standard InChI is InChI=1S/C16H14F3N3O2/c1-24-22-14(11-5-3-2-4-6-11)10-21-15(23)12-9-20-8-7-13(12)16(17,18)19/h2-9H,10H2,1H3,(H,21,23). The number of hydrogen-bond donors (Lipinski definition) is 1. The average molecular weight is 337 g/mol. The SMILES string of the molecule is CON=C(CNC(=O)c1cnccc1C(F)(F)F)c1ccccc1. The van der Waals surface area contributed by atoms with Crippen molar-refractivity contribution < 1.29 is 22.8 Å². The number of carbonyl (C=O) groups is 1. The lowest BCUT2D eigenvalue weighted by atomic mass is 10.1. The van der Waals surface area contributed by atoms with Crippen LogP contribution in [0, 0.1) is 0 Å². The number of nitrogens with one attached hydrogen (secondary N) is 1. The van der Waals surface area contributed by atoms with Crippen LogP contribution >= 0.6 is 0 Å². The summed E-state index contributed by atoms with van der Waals surface area (Å²) in [5.41, 5.74) is -0.527. The minimum Gasteiger partial charge on any atom is -0.399 e.